The molecule has 22 heavy (non-hydrogen) atoms. The van der Waals surface area contributed by atoms with Crippen LogP contribution >= 0.6 is 27.5 Å². The van der Waals surface area contributed by atoms with Gasteiger partial charge in [0.2, 0.25) is 0 Å². The van der Waals surface area contributed by atoms with Crippen LogP contribution in [-0.4, -0.2) is 19.5 Å². The predicted molar refractivity (Wildman–Crippen MR) is 94.4 cm³/mol. The van der Waals surface area contributed by atoms with E-state index in [2.05, 4.69) is 33.4 Å². The van der Waals surface area contributed by atoms with Gasteiger partial charge in [-0.2, -0.15) is 0 Å². The quantitative estimate of drug-likeness (QED) is 0.819. The number of anilines is 1. The minimum absolute atomic E-state index is 0.0413. The van der Waals surface area contributed by atoms with Gasteiger partial charge in [-0.25, -0.2) is 0 Å². The van der Waals surface area contributed by atoms with E-state index in [1.54, 1.807) is 0 Å². The molecule has 0 spiro atoms. The van der Waals surface area contributed by atoms with E-state index in [0.29, 0.717) is 17.3 Å². The maximum absolute atomic E-state index is 12.1. The highest BCUT2D eigenvalue weighted by molar-refractivity contribution is 9.10. The van der Waals surface area contributed by atoms with Gasteiger partial charge < -0.3 is 10.2 Å². The SMILES string of the molecule is Cc1ccc(NC(=O)C[NH+](C)Cc2ccc(Br)cc2)c(Cl)c1. The van der Waals surface area contributed by atoms with Crippen LogP contribution in [0.1, 0.15) is 11.1 Å². The van der Waals surface area contributed by atoms with Gasteiger partial charge in [0.15, 0.2) is 6.54 Å². The van der Waals surface area contributed by atoms with Gasteiger partial charge in [-0.3, -0.25) is 4.79 Å². The number of benzene rings is 2. The molecule has 5 heteroatoms. The Morgan fingerprint density at radius 3 is 2.55 bits per heavy atom. The maximum atomic E-state index is 12.1. The second-order valence-corrected chi connectivity index (χ2v) is 6.79. The molecule has 0 fully saturated rings. The molecule has 0 aliphatic heterocycles. The number of hydrogen-bond donors (Lipinski definition) is 2. The van der Waals surface area contributed by atoms with E-state index < -0.39 is 0 Å². The molecule has 0 saturated heterocycles. The van der Waals surface area contributed by atoms with Gasteiger partial charge in [0, 0.05) is 10.0 Å². The minimum Gasteiger partial charge on any atom is -0.326 e. The summed E-state index contributed by atoms with van der Waals surface area (Å²) in [6, 6.07) is 13.7. The summed E-state index contributed by atoms with van der Waals surface area (Å²) in [5, 5.41) is 3.43. The molecule has 0 aliphatic rings. The lowest BCUT2D eigenvalue weighted by atomic mass is 10.2. The van der Waals surface area contributed by atoms with E-state index in [4.69, 9.17) is 11.6 Å². The van der Waals surface area contributed by atoms with Crippen LogP contribution < -0.4 is 10.2 Å². The number of amides is 1. The van der Waals surface area contributed by atoms with E-state index in [0.717, 1.165) is 21.5 Å². The third kappa shape index (κ3) is 5.13. The second kappa shape index (κ2) is 7.77. The van der Waals surface area contributed by atoms with Crippen molar-refractivity contribution in [1.82, 2.24) is 0 Å². The minimum atomic E-state index is -0.0413. The first-order chi connectivity index (χ1) is 10.4. The Balaban J connectivity index is 1.89. The van der Waals surface area contributed by atoms with Gasteiger partial charge in [0.05, 0.1) is 17.8 Å². The molecule has 2 aromatic carbocycles. The summed E-state index contributed by atoms with van der Waals surface area (Å²) in [7, 11) is 2.00. The molecule has 116 valence electrons. The lowest BCUT2D eigenvalue weighted by Crippen LogP contribution is -3.08. The van der Waals surface area contributed by atoms with E-state index >= 15 is 0 Å². The molecule has 0 bridgehead atoms. The molecule has 2 aromatic rings. The van der Waals surface area contributed by atoms with Crippen molar-refractivity contribution in [2.24, 2.45) is 0 Å². The first-order valence-electron chi connectivity index (χ1n) is 7.06. The first kappa shape index (κ1) is 17.0. The Bertz CT molecular complexity index is 658. The number of carbonyl (C=O) groups excluding carboxylic acids is 1. The molecule has 1 atom stereocenters. The van der Waals surface area contributed by atoms with E-state index in [-0.39, 0.29) is 5.91 Å². The molecule has 0 radical (unpaired) electrons. The first-order valence-corrected chi connectivity index (χ1v) is 8.23. The number of rotatable bonds is 5. The zero-order valence-electron chi connectivity index (χ0n) is 12.6. The van der Waals surface area contributed by atoms with Crippen LogP contribution in [0.25, 0.3) is 0 Å². The lowest BCUT2D eigenvalue weighted by Gasteiger charge is -2.14. The van der Waals surface area contributed by atoms with Crippen LogP contribution in [0, 0.1) is 6.92 Å². The predicted octanol–water partition coefficient (Wildman–Crippen LogP) is 3.06. The van der Waals surface area contributed by atoms with Crippen molar-refractivity contribution in [2.75, 3.05) is 18.9 Å². The number of carbonyl (C=O) groups is 1. The normalized spacial score (nSPS) is 12.0. The standard InChI is InChI=1S/C17H18BrClN2O/c1-12-3-8-16(15(19)9-12)20-17(22)11-21(2)10-13-4-6-14(18)7-5-13/h3-9H,10-11H2,1-2H3,(H,20,22)/p+1. The summed E-state index contributed by atoms with van der Waals surface area (Å²) in [4.78, 5) is 13.2. The number of quaternary nitrogens is 1. The summed E-state index contributed by atoms with van der Waals surface area (Å²) in [6.07, 6.45) is 0. The molecule has 1 unspecified atom stereocenters. The highest BCUT2D eigenvalue weighted by Crippen LogP contribution is 2.22. The number of likely N-dealkylation sites (N-methyl/N-ethyl adjacent to an activating group) is 1. The number of aryl methyl sites for hydroxylation is 1. The summed E-state index contributed by atoms with van der Waals surface area (Å²) < 4.78 is 1.06. The maximum Gasteiger partial charge on any atom is 0.279 e. The molecule has 0 heterocycles. The average Bonchev–Trinajstić information content (AvgIpc) is 2.44. The van der Waals surface area contributed by atoms with Gasteiger partial charge >= 0.3 is 0 Å². The molecule has 0 aliphatic carbocycles. The van der Waals surface area contributed by atoms with E-state index in [9.17, 15) is 4.79 Å². The van der Waals surface area contributed by atoms with Crippen LogP contribution in [0.3, 0.4) is 0 Å². The Morgan fingerprint density at radius 2 is 1.91 bits per heavy atom. The fourth-order valence-corrected chi connectivity index (χ4v) is 2.75. The number of hydrogen-bond acceptors (Lipinski definition) is 1. The van der Waals surface area contributed by atoms with Crippen LogP contribution in [0.15, 0.2) is 46.9 Å². The van der Waals surface area contributed by atoms with E-state index in [1.807, 2.05) is 44.3 Å². The van der Waals surface area contributed by atoms with Crippen LogP contribution in [0.2, 0.25) is 5.02 Å². The van der Waals surface area contributed by atoms with Gasteiger partial charge in [-0.05, 0) is 36.8 Å². The fraction of sp³-hybridized carbons (Fsp3) is 0.235. The largest absolute Gasteiger partial charge is 0.326 e. The van der Waals surface area contributed by atoms with Crippen LogP contribution in [-0.2, 0) is 11.3 Å². The zero-order valence-corrected chi connectivity index (χ0v) is 15.0. The Morgan fingerprint density at radius 1 is 1.23 bits per heavy atom. The average molecular weight is 383 g/mol. The number of halogens is 2. The monoisotopic (exact) mass is 381 g/mol. The zero-order chi connectivity index (χ0) is 16.1. The molecular weight excluding hydrogens is 364 g/mol. The molecule has 3 nitrogen and oxygen atoms in total. The second-order valence-electron chi connectivity index (χ2n) is 5.47. The third-order valence-electron chi connectivity index (χ3n) is 3.28. The van der Waals surface area contributed by atoms with Gasteiger partial charge in [0.1, 0.15) is 6.54 Å². The fourth-order valence-electron chi connectivity index (χ4n) is 2.20. The summed E-state index contributed by atoms with van der Waals surface area (Å²) >= 11 is 9.55. The number of nitrogens with one attached hydrogen (secondary N) is 2. The Kier molecular flexibility index (Phi) is 6.00. The third-order valence-corrected chi connectivity index (χ3v) is 4.12. The van der Waals surface area contributed by atoms with Gasteiger partial charge in [-0.1, -0.05) is 45.7 Å². The van der Waals surface area contributed by atoms with Gasteiger partial charge in [0.25, 0.3) is 5.91 Å². The van der Waals surface area contributed by atoms with Crippen molar-refractivity contribution in [3.8, 4) is 0 Å². The lowest BCUT2D eigenvalue weighted by molar-refractivity contribution is -0.885. The molecule has 0 saturated carbocycles. The molecule has 2 rings (SSSR count). The van der Waals surface area contributed by atoms with Crippen LogP contribution in [0.4, 0.5) is 5.69 Å². The molecular formula is C17H19BrClN2O+. The molecule has 0 aromatic heterocycles. The van der Waals surface area contributed by atoms with E-state index in [1.165, 1.54) is 5.56 Å². The summed E-state index contributed by atoms with van der Waals surface area (Å²) in [6.45, 7) is 3.15. The van der Waals surface area contributed by atoms with Crippen molar-refractivity contribution in [3.05, 3.63) is 63.1 Å². The van der Waals surface area contributed by atoms with Crippen molar-refractivity contribution in [3.63, 3.8) is 0 Å². The molecule has 2 N–H and O–H groups in total. The molecule has 1 amide bonds. The van der Waals surface area contributed by atoms with Crippen LogP contribution in [0.5, 0.6) is 0 Å². The van der Waals surface area contributed by atoms with Crippen molar-refractivity contribution in [1.29, 1.82) is 0 Å². The van der Waals surface area contributed by atoms with Gasteiger partial charge in [-0.15, -0.1) is 0 Å². The topological polar surface area (TPSA) is 33.5 Å². The van der Waals surface area contributed by atoms with Crippen molar-refractivity contribution in [2.45, 2.75) is 13.5 Å². The summed E-state index contributed by atoms with van der Waals surface area (Å²) in [5.41, 5.74) is 2.93. The summed E-state index contributed by atoms with van der Waals surface area (Å²) in [5.74, 6) is -0.0413. The van der Waals surface area contributed by atoms with Crippen molar-refractivity contribution >= 4 is 39.1 Å². The Labute approximate surface area is 144 Å². The Hall–Kier alpha value is -1.36. The van der Waals surface area contributed by atoms with Crippen molar-refractivity contribution < 1.29 is 9.69 Å². The smallest absolute Gasteiger partial charge is 0.279 e. The highest BCUT2D eigenvalue weighted by atomic mass is 79.9. The highest BCUT2D eigenvalue weighted by Gasteiger charge is 2.12.